The summed E-state index contributed by atoms with van der Waals surface area (Å²) in [4.78, 5) is 31.6. The lowest BCUT2D eigenvalue weighted by molar-refractivity contribution is -0.181. The molecule has 8 rings (SSSR count). The normalized spacial score (nSPS) is 18.1. The van der Waals surface area contributed by atoms with Crippen molar-refractivity contribution in [3.8, 4) is 22.6 Å². The van der Waals surface area contributed by atoms with Crippen LogP contribution in [-0.2, 0) is 34.0 Å². The van der Waals surface area contributed by atoms with Gasteiger partial charge in [0.2, 0.25) is 0 Å². The Bertz CT molecular complexity index is 2720. The number of rotatable bonds is 17. The van der Waals surface area contributed by atoms with Gasteiger partial charge in [0.05, 0.1) is 29.8 Å². The van der Waals surface area contributed by atoms with E-state index in [4.69, 9.17) is 28.5 Å². The number of hydrogen-bond donors (Lipinski definition) is 1. The smallest absolute Gasteiger partial charge is 0.354 e. The van der Waals surface area contributed by atoms with Gasteiger partial charge in [0.1, 0.15) is 35.1 Å². The zero-order valence-electron chi connectivity index (χ0n) is 38.8. The number of fused-ring (bicyclic) bond motifs is 1. The fourth-order valence-corrected chi connectivity index (χ4v) is 10.5. The zero-order chi connectivity index (χ0) is 47.3. The first-order valence-electron chi connectivity index (χ1n) is 23.0. The lowest BCUT2D eigenvalue weighted by Crippen LogP contribution is -2.48. The summed E-state index contributed by atoms with van der Waals surface area (Å²) in [6, 6.07) is 39.8. The van der Waals surface area contributed by atoms with Crippen molar-refractivity contribution in [3.05, 3.63) is 168 Å². The molecule has 0 bridgehead atoms. The monoisotopic (exact) mass is 924 g/mol. The third kappa shape index (κ3) is 11.0. The number of benzene rings is 5. The number of pyridine rings is 1. The van der Waals surface area contributed by atoms with Crippen LogP contribution in [0.4, 0.5) is 4.39 Å². The Hall–Kier alpha value is -6.13. The van der Waals surface area contributed by atoms with E-state index >= 15 is 0 Å². The van der Waals surface area contributed by atoms with Gasteiger partial charge in [0.25, 0.3) is 0 Å². The molecule has 2 heterocycles. The number of halogens is 1. The Morgan fingerprint density at radius 3 is 2.09 bits per heavy atom. The van der Waals surface area contributed by atoms with Crippen LogP contribution in [0.15, 0.2) is 140 Å². The van der Waals surface area contributed by atoms with Gasteiger partial charge in [-0.3, -0.25) is 19.1 Å². The SMILES string of the molecule is CC(C)OC(=O)[C@H](C)NP(=O)(COc1ccc2nc(C3CC3)c(C=C[C@@H]3C[C@@H](OC(c4ccccc4)(c4ccccc4)C(C)(C)C)CC(=O)O3)c(-c3ccc(F)cc3)c2c1)Oc1ccccc1. The molecule has 1 aliphatic heterocycles. The molecule has 1 aliphatic carbocycles. The summed E-state index contributed by atoms with van der Waals surface area (Å²) in [7, 11) is -3.91. The zero-order valence-corrected chi connectivity index (χ0v) is 39.7. The molecule has 0 spiro atoms. The first-order valence-corrected chi connectivity index (χ1v) is 24.8. The predicted molar refractivity (Wildman–Crippen MR) is 259 cm³/mol. The second kappa shape index (κ2) is 20.0. The lowest BCUT2D eigenvalue weighted by Gasteiger charge is -2.48. The topological polar surface area (TPSA) is 122 Å². The van der Waals surface area contributed by atoms with Crippen LogP contribution in [-0.4, -0.2) is 47.6 Å². The van der Waals surface area contributed by atoms with Crippen molar-refractivity contribution in [2.45, 2.75) is 103 Å². The van der Waals surface area contributed by atoms with Crippen LogP contribution in [0, 0.1) is 11.2 Å². The standard InChI is InChI=1S/C55H58FN2O8P/c1-36(2)63-53(60)37(3)58-67(61,66-43-20-14-9-15-21-43)35-62-44-29-31-49-48(33-44)51(38-24-26-42(56)27-25-38)47(52(57-49)39-22-23-39)30-28-45-32-46(34-50(59)64-45)65-55(54(4,5)6,40-16-10-7-11-17-40)41-18-12-8-13-19-41/h7-21,24-31,33,36-37,39,45-46H,22-23,32,34-35H2,1-6H3,(H,58,61)/t37-,45+,46+,67?/m0/s1. The molecule has 0 amide bonds. The molecule has 5 aromatic carbocycles. The molecule has 1 unspecified atom stereocenters. The molecular weight excluding hydrogens is 867 g/mol. The van der Waals surface area contributed by atoms with Gasteiger partial charge in [-0.1, -0.05) is 118 Å². The van der Waals surface area contributed by atoms with Gasteiger partial charge >= 0.3 is 19.5 Å². The maximum absolute atomic E-state index is 14.6. The summed E-state index contributed by atoms with van der Waals surface area (Å²) in [5.41, 5.74) is 4.59. The summed E-state index contributed by atoms with van der Waals surface area (Å²) in [5, 5.41) is 3.56. The number of para-hydroxylation sites is 1. The lowest BCUT2D eigenvalue weighted by atomic mass is 9.68. The van der Waals surface area contributed by atoms with E-state index in [-0.39, 0.29) is 30.2 Å². The van der Waals surface area contributed by atoms with Crippen LogP contribution in [0.2, 0.25) is 0 Å². The van der Waals surface area contributed by atoms with E-state index < -0.39 is 49.1 Å². The third-order valence-corrected chi connectivity index (χ3v) is 13.8. The third-order valence-electron chi connectivity index (χ3n) is 12.0. The van der Waals surface area contributed by atoms with Gasteiger partial charge in [-0.05, 0) is 104 Å². The molecule has 1 saturated carbocycles. The highest BCUT2D eigenvalue weighted by Gasteiger charge is 2.49. The second-order valence-electron chi connectivity index (χ2n) is 18.7. The highest BCUT2D eigenvalue weighted by Crippen LogP contribution is 2.51. The quantitative estimate of drug-likeness (QED) is 0.0699. The van der Waals surface area contributed by atoms with Gasteiger partial charge in [0, 0.05) is 28.9 Å². The Balaban J connectivity index is 1.15. The van der Waals surface area contributed by atoms with Gasteiger partial charge in [-0.25, -0.2) is 9.48 Å². The van der Waals surface area contributed by atoms with Gasteiger partial charge < -0.3 is 23.5 Å². The Kier molecular flexibility index (Phi) is 14.1. The Morgan fingerprint density at radius 2 is 1.49 bits per heavy atom. The molecule has 1 saturated heterocycles. The first-order chi connectivity index (χ1) is 32.1. The van der Waals surface area contributed by atoms with Gasteiger partial charge in [-0.15, -0.1) is 0 Å². The summed E-state index contributed by atoms with van der Waals surface area (Å²) in [6.45, 7) is 11.5. The minimum absolute atomic E-state index is 0.0933. The van der Waals surface area contributed by atoms with Crippen LogP contribution in [0.5, 0.6) is 11.5 Å². The van der Waals surface area contributed by atoms with Crippen LogP contribution >= 0.6 is 7.52 Å². The predicted octanol–water partition coefficient (Wildman–Crippen LogP) is 12.6. The van der Waals surface area contributed by atoms with E-state index in [9.17, 15) is 18.5 Å². The first kappa shape index (κ1) is 47.4. The number of nitrogens with one attached hydrogen (secondary N) is 1. The largest absolute Gasteiger partial charge is 0.481 e. The number of carbonyl (C=O) groups is 2. The molecule has 12 heteroatoms. The fraction of sp³-hybridized carbons (Fsp3) is 0.327. The van der Waals surface area contributed by atoms with Crippen molar-refractivity contribution >= 4 is 36.4 Å². The van der Waals surface area contributed by atoms with Crippen molar-refractivity contribution in [1.82, 2.24) is 10.1 Å². The average molecular weight is 925 g/mol. The molecule has 67 heavy (non-hydrogen) atoms. The molecule has 348 valence electrons. The van der Waals surface area contributed by atoms with Crippen LogP contribution in [0.1, 0.15) is 95.5 Å². The molecule has 4 atom stereocenters. The van der Waals surface area contributed by atoms with Crippen molar-refractivity contribution in [2.75, 3.05) is 6.35 Å². The summed E-state index contributed by atoms with van der Waals surface area (Å²) >= 11 is 0. The molecule has 2 aliphatic rings. The van der Waals surface area contributed by atoms with E-state index in [1.165, 1.54) is 12.1 Å². The average Bonchev–Trinajstić information content (AvgIpc) is 4.15. The van der Waals surface area contributed by atoms with Gasteiger partial charge in [0.15, 0.2) is 6.35 Å². The van der Waals surface area contributed by atoms with E-state index in [1.807, 2.05) is 66.7 Å². The minimum Gasteiger partial charge on any atom is -0.481 e. The van der Waals surface area contributed by atoms with Crippen molar-refractivity contribution in [2.24, 2.45) is 5.41 Å². The van der Waals surface area contributed by atoms with Crippen molar-refractivity contribution in [1.29, 1.82) is 0 Å². The van der Waals surface area contributed by atoms with Crippen LogP contribution in [0.3, 0.4) is 0 Å². The highest BCUT2D eigenvalue weighted by atomic mass is 31.2. The van der Waals surface area contributed by atoms with E-state index in [1.54, 1.807) is 63.2 Å². The Labute approximate surface area is 392 Å². The maximum atomic E-state index is 14.6. The maximum Gasteiger partial charge on any atom is 0.354 e. The number of aromatic nitrogens is 1. The minimum atomic E-state index is -3.91. The molecule has 2 fully saturated rings. The van der Waals surface area contributed by atoms with E-state index in [0.29, 0.717) is 28.8 Å². The van der Waals surface area contributed by atoms with E-state index in [0.717, 1.165) is 46.4 Å². The number of nitrogens with zero attached hydrogens (tertiary/aromatic N) is 1. The molecule has 1 N–H and O–H groups in total. The second-order valence-corrected chi connectivity index (χ2v) is 20.7. The molecule has 1 aromatic heterocycles. The number of ether oxygens (including phenoxy) is 4. The summed E-state index contributed by atoms with van der Waals surface area (Å²) < 4.78 is 60.1. The highest BCUT2D eigenvalue weighted by molar-refractivity contribution is 7.57. The number of hydrogen-bond acceptors (Lipinski definition) is 9. The fourth-order valence-electron chi connectivity index (χ4n) is 8.86. The number of esters is 2. The number of carbonyl (C=O) groups excluding carboxylic acids is 2. The van der Waals surface area contributed by atoms with Crippen molar-refractivity contribution in [3.63, 3.8) is 0 Å². The summed E-state index contributed by atoms with van der Waals surface area (Å²) in [5.74, 6) is -0.421. The molecule has 6 aromatic rings. The van der Waals surface area contributed by atoms with Crippen LogP contribution in [0.25, 0.3) is 28.1 Å². The summed E-state index contributed by atoms with van der Waals surface area (Å²) in [6.07, 6.45) is 4.40. The Morgan fingerprint density at radius 1 is 0.866 bits per heavy atom. The molecule has 0 radical (unpaired) electrons. The van der Waals surface area contributed by atoms with Crippen LogP contribution < -0.4 is 14.3 Å². The van der Waals surface area contributed by atoms with E-state index in [2.05, 4.69) is 50.1 Å². The van der Waals surface area contributed by atoms with Gasteiger partial charge in [-0.2, -0.15) is 0 Å². The molecular formula is C55H58FN2O8P. The number of cyclic esters (lactones) is 1. The molecule has 10 nitrogen and oxygen atoms in total. The van der Waals surface area contributed by atoms with Crippen molar-refractivity contribution < 1.29 is 42.0 Å².